The summed E-state index contributed by atoms with van der Waals surface area (Å²) in [5.74, 6) is 2.30. The molecule has 5 rings (SSSR count). The smallest absolute Gasteiger partial charge is 0.111 e. The Bertz CT molecular complexity index is 586. The second-order valence-electron chi connectivity index (χ2n) is 9.83. The van der Waals surface area contributed by atoms with Crippen LogP contribution in [0.5, 0.6) is 0 Å². The molecular weight excluding hydrogens is 300 g/mol. The quantitative estimate of drug-likeness (QED) is 0.571. The number of fused-ring (bicyclic) bond motifs is 6. The third-order valence-corrected chi connectivity index (χ3v) is 9.24. The van der Waals surface area contributed by atoms with Crippen molar-refractivity contribution in [1.29, 1.82) is 0 Å². The van der Waals surface area contributed by atoms with Crippen molar-refractivity contribution in [2.45, 2.75) is 83.0 Å². The van der Waals surface area contributed by atoms with Crippen LogP contribution in [0.1, 0.15) is 65.2 Å². The van der Waals surface area contributed by atoms with Crippen LogP contribution in [-0.4, -0.2) is 34.6 Å². The van der Waals surface area contributed by atoms with E-state index in [4.69, 9.17) is 4.74 Å². The summed E-state index contributed by atoms with van der Waals surface area (Å²) in [5, 5.41) is 19.7. The fraction of sp³-hybridized carbons (Fsp3) is 0.905. The SMILES string of the molecule is C[C@]12CC[C@H](O)CC1=CC[C@@H]1[C@@H]2CC[C@@]2(C)[C@H]1CC[C@@]21O[C@@H]1CO. The maximum Gasteiger partial charge on any atom is 0.111 e. The minimum absolute atomic E-state index is 0.00889. The standard InChI is InChI=1S/C21H32O3/c1-19-8-5-14(23)11-13(19)3-4-15-16(19)6-9-20(2)17(15)7-10-21(20)18(12-22)24-21/h3,14-18,22-23H,4-12H2,1-2H3/t14-,15+,16-,17-,18+,19-,20-,21-/m0/s1. The fourth-order valence-corrected chi connectivity index (χ4v) is 7.80. The van der Waals surface area contributed by atoms with Crippen molar-refractivity contribution in [1.82, 2.24) is 0 Å². The molecule has 1 heterocycles. The zero-order valence-corrected chi connectivity index (χ0v) is 15.1. The second-order valence-corrected chi connectivity index (χ2v) is 9.83. The summed E-state index contributed by atoms with van der Waals surface area (Å²) in [6.45, 7) is 5.14. The van der Waals surface area contributed by atoms with Crippen molar-refractivity contribution >= 4 is 0 Å². The first kappa shape index (κ1) is 15.8. The highest BCUT2D eigenvalue weighted by atomic mass is 16.6. The molecule has 0 aromatic carbocycles. The van der Waals surface area contributed by atoms with Crippen LogP contribution in [0.4, 0.5) is 0 Å². The number of hydrogen-bond acceptors (Lipinski definition) is 3. The summed E-state index contributed by atoms with van der Waals surface area (Å²) in [4.78, 5) is 0. The molecular formula is C21H32O3. The van der Waals surface area contributed by atoms with E-state index in [0.29, 0.717) is 5.41 Å². The van der Waals surface area contributed by atoms with E-state index in [1.54, 1.807) is 5.57 Å². The van der Waals surface area contributed by atoms with Crippen LogP contribution in [0.25, 0.3) is 0 Å². The van der Waals surface area contributed by atoms with Crippen molar-refractivity contribution in [3.63, 3.8) is 0 Å². The summed E-state index contributed by atoms with van der Waals surface area (Å²) in [5.41, 5.74) is 2.12. The molecule has 2 N–H and O–H groups in total. The van der Waals surface area contributed by atoms with Crippen LogP contribution < -0.4 is 0 Å². The molecule has 24 heavy (non-hydrogen) atoms. The van der Waals surface area contributed by atoms with Crippen LogP contribution in [0.15, 0.2) is 11.6 Å². The number of rotatable bonds is 1. The zero-order valence-electron chi connectivity index (χ0n) is 15.1. The summed E-state index contributed by atoms with van der Waals surface area (Å²) in [6.07, 6.45) is 11.7. The third kappa shape index (κ3) is 1.74. The molecule has 1 spiro atoms. The first-order valence-corrected chi connectivity index (χ1v) is 10.1. The van der Waals surface area contributed by atoms with E-state index in [1.165, 1.54) is 25.7 Å². The molecule has 4 aliphatic carbocycles. The number of aliphatic hydroxyl groups excluding tert-OH is 2. The van der Waals surface area contributed by atoms with Gasteiger partial charge in [-0.1, -0.05) is 25.5 Å². The highest BCUT2D eigenvalue weighted by Crippen LogP contribution is 2.72. The van der Waals surface area contributed by atoms with Gasteiger partial charge in [0.15, 0.2) is 0 Å². The van der Waals surface area contributed by atoms with Gasteiger partial charge in [-0.2, -0.15) is 0 Å². The van der Waals surface area contributed by atoms with E-state index in [0.717, 1.165) is 43.4 Å². The molecule has 134 valence electrons. The summed E-state index contributed by atoms with van der Waals surface area (Å²) >= 11 is 0. The van der Waals surface area contributed by atoms with Crippen LogP contribution in [0.3, 0.4) is 0 Å². The van der Waals surface area contributed by atoms with E-state index in [2.05, 4.69) is 19.9 Å². The maximum atomic E-state index is 10.1. The molecule has 1 saturated heterocycles. The van der Waals surface area contributed by atoms with E-state index < -0.39 is 0 Å². The van der Waals surface area contributed by atoms with E-state index in [-0.39, 0.29) is 29.8 Å². The Balaban J connectivity index is 1.47. The van der Waals surface area contributed by atoms with E-state index in [1.807, 2.05) is 0 Å². The van der Waals surface area contributed by atoms with Gasteiger partial charge < -0.3 is 14.9 Å². The molecule has 0 amide bonds. The first-order chi connectivity index (χ1) is 11.4. The van der Waals surface area contributed by atoms with Crippen LogP contribution in [-0.2, 0) is 4.74 Å². The summed E-state index contributed by atoms with van der Waals surface area (Å²) in [6, 6.07) is 0. The molecule has 3 heteroatoms. The molecule has 8 atom stereocenters. The normalized spacial score (nSPS) is 58.7. The van der Waals surface area contributed by atoms with Crippen molar-refractivity contribution in [3.8, 4) is 0 Å². The number of allylic oxidation sites excluding steroid dienone is 1. The fourth-order valence-electron chi connectivity index (χ4n) is 7.80. The Hall–Kier alpha value is -0.380. The van der Waals surface area contributed by atoms with Crippen molar-refractivity contribution in [2.75, 3.05) is 6.61 Å². The predicted molar refractivity (Wildman–Crippen MR) is 92.4 cm³/mol. The molecule has 3 saturated carbocycles. The van der Waals surface area contributed by atoms with Gasteiger partial charge in [0.2, 0.25) is 0 Å². The molecule has 5 aliphatic rings. The number of ether oxygens (including phenoxy) is 1. The zero-order chi connectivity index (χ0) is 16.7. The monoisotopic (exact) mass is 332 g/mol. The topological polar surface area (TPSA) is 53.0 Å². The molecule has 3 nitrogen and oxygen atoms in total. The van der Waals surface area contributed by atoms with E-state index in [9.17, 15) is 10.2 Å². The van der Waals surface area contributed by atoms with Gasteiger partial charge in [0.05, 0.1) is 12.7 Å². The van der Waals surface area contributed by atoms with Crippen LogP contribution >= 0.6 is 0 Å². The molecule has 0 unspecified atom stereocenters. The Kier molecular flexibility index (Phi) is 3.21. The lowest BCUT2D eigenvalue weighted by atomic mass is 9.47. The molecule has 0 aromatic rings. The van der Waals surface area contributed by atoms with Gasteiger partial charge in [0, 0.05) is 5.41 Å². The van der Waals surface area contributed by atoms with Gasteiger partial charge >= 0.3 is 0 Å². The largest absolute Gasteiger partial charge is 0.394 e. The van der Waals surface area contributed by atoms with Crippen LogP contribution in [0, 0.1) is 28.6 Å². The van der Waals surface area contributed by atoms with Crippen molar-refractivity contribution < 1.29 is 14.9 Å². The predicted octanol–water partition coefficient (Wildman–Crippen LogP) is 3.44. The van der Waals surface area contributed by atoms with Crippen molar-refractivity contribution in [2.24, 2.45) is 28.6 Å². The highest BCUT2D eigenvalue weighted by Gasteiger charge is 2.74. The van der Waals surface area contributed by atoms with Gasteiger partial charge in [-0.05, 0) is 74.5 Å². The lowest BCUT2D eigenvalue weighted by Gasteiger charge is -2.57. The minimum atomic E-state index is -0.116. The maximum absolute atomic E-state index is 10.1. The Morgan fingerprint density at radius 1 is 1.12 bits per heavy atom. The Labute approximate surface area is 145 Å². The average Bonchev–Trinajstić information content (AvgIpc) is 3.21. The summed E-state index contributed by atoms with van der Waals surface area (Å²) < 4.78 is 6.11. The molecule has 1 aliphatic heterocycles. The lowest BCUT2D eigenvalue weighted by Crippen LogP contribution is -2.52. The minimum Gasteiger partial charge on any atom is -0.394 e. The highest BCUT2D eigenvalue weighted by molar-refractivity contribution is 5.28. The van der Waals surface area contributed by atoms with Gasteiger partial charge in [-0.25, -0.2) is 0 Å². The third-order valence-electron chi connectivity index (χ3n) is 9.24. The van der Waals surface area contributed by atoms with E-state index >= 15 is 0 Å². The van der Waals surface area contributed by atoms with Crippen molar-refractivity contribution in [3.05, 3.63) is 11.6 Å². The first-order valence-electron chi connectivity index (χ1n) is 10.1. The average molecular weight is 332 g/mol. The van der Waals surface area contributed by atoms with Gasteiger partial charge in [-0.15, -0.1) is 0 Å². The lowest BCUT2D eigenvalue weighted by molar-refractivity contribution is -0.0558. The molecule has 0 bridgehead atoms. The van der Waals surface area contributed by atoms with Gasteiger partial charge in [0.25, 0.3) is 0 Å². The Morgan fingerprint density at radius 2 is 1.92 bits per heavy atom. The number of epoxide rings is 1. The number of aliphatic hydroxyl groups is 2. The molecule has 0 radical (unpaired) electrons. The second kappa shape index (κ2) is 4.86. The van der Waals surface area contributed by atoms with Crippen LogP contribution in [0.2, 0.25) is 0 Å². The van der Waals surface area contributed by atoms with Gasteiger partial charge in [0.1, 0.15) is 11.7 Å². The van der Waals surface area contributed by atoms with Gasteiger partial charge in [-0.3, -0.25) is 0 Å². The molecule has 4 fully saturated rings. The molecule has 0 aromatic heterocycles. The number of hydrogen-bond donors (Lipinski definition) is 2. The summed E-state index contributed by atoms with van der Waals surface area (Å²) in [7, 11) is 0. The Morgan fingerprint density at radius 3 is 2.67 bits per heavy atom.